The van der Waals surface area contributed by atoms with Crippen molar-refractivity contribution in [2.75, 3.05) is 0 Å². The van der Waals surface area contributed by atoms with Crippen molar-refractivity contribution in [1.82, 2.24) is 4.98 Å². The lowest BCUT2D eigenvalue weighted by Crippen LogP contribution is -2.22. The first-order chi connectivity index (χ1) is 8.42. The molecule has 106 valence electrons. The molecule has 0 radical (unpaired) electrons. The lowest BCUT2D eigenvalue weighted by molar-refractivity contribution is -0.276. The number of rotatable bonds is 2. The fourth-order valence-electron chi connectivity index (χ4n) is 1.06. The Bertz CT molecular complexity index is 512. The predicted molar refractivity (Wildman–Crippen MR) is 55.6 cm³/mol. The Kier molecular flexibility index (Phi) is 4.17. The van der Waals surface area contributed by atoms with Crippen LogP contribution < -0.4 is 4.74 Å². The Balaban J connectivity index is 3.49. The summed E-state index contributed by atoms with van der Waals surface area (Å²) in [6.07, 6.45) is -10.6. The van der Waals surface area contributed by atoms with Gasteiger partial charge in [-0.05, 0) is 22.6 Å². The van der Waals surface area contributed by atoms with Gasteiger partial charge in [0.15, 0.2) is 5.69 Å². The molecule has 0 aliphatic heterocycles. The Morgan fingerprint density at radius 1 is 1.26 bits per heavy atom. The molecule has 0 aliphatic carbocycles. The molecule has 0 atom stereocenters. The van der Waals surface area contributed by atoms with Crippen LogP contribution in [0.3, 0.4) is 0 Å². The van der Waals surface area contributed by atoms with Crippen molar-refractivity contribution in [1.29, 1.82) is 0 Å². The average Bonchev–Trinajstić information content (AvgIpc) is 2.10. The van der Waals surface area contributed by atoms with E-state index in [2.05, 4.69) is 9.72 Å². The highest BCUT2D eigenvalue weighted by Gasteiger charge is 2.42. The van der Waals surface area contributed by atoms with Crippen molar-refractivity contribution in [3.05, 3.63) is 21.0 Å². The number of carbonyl (C=O) groups is 1. The molecule has 0 saturated carbocycles. The summed E-state index contributed by atoms with van der Waals surface area (Å²) in [6, 6.07) is 0.0702. The highest BCUT2D eigenvalue weighted by atomic mass is 127. The van der Waals surface area contributed by atoms with Crippen LogP contribution in [0.1, 0.15) is 16.1 Å². The zero-order chi connectivity index (χ0) is 15.0. The maximum Gasteiger partial charge on any atom is 0.573 e. The van der Waals surface area contributed by atoms with E-state index in [4.69, 9.17) is 5.11 Å². The van der Waals surface area contributed by atoms with Gasteiger partial charge < -0.3 is 9.84 Å². The molecular formula is C8H2F6INO3. The zero-order valence-corrected chi connectivity index (χ0v) is 10.6. The minimum atomic E-state index is -5.39. The van der Waals surface area contributed by atoms with Gasteiger partial charge in [-0.25, -0.2) is 9.78 Å². The molecule has 1 heterocycles. The van der Waals surface area contributed by atoms with Crippen LogP contribution >= 0.6 is 22.6 Å². The van der Waals surface area contributed by atoms with E-state index >= 15 is 0 Å². The maximum atomic E-state index is 12.6. The summed E-state index contributed by atoms with van der Waals surface area (Å²) in [6.45, 7) is 0. The zero-order valence-electron chi connectivity index (χ0n) is 8.43. The number of halogens is 7. The van der Waals surface area contributed by atoms with Gasteiger partial charge in [-0.2, -0.15) is 13.2 Å². The number of alkyl halides is 6. The molecule has 1 aromatic heterocycles. The molecule has 0 unspecified atom stereocenters. The van der Waals surface area contributed by atoms with Gasteiger partial charge in [0.25, 0.3) is 0 Å². The number of ether oxygens (including phenoxy) is 1. The van der Waals surface area contributed by atoms with Crippen LogP contribution in [0, 0.1) is 3.70 Å². The Labute approximate surface area is 114 Å². The summed E-state index contributed by atoms with van der Waals surface area (Å²) in [5, 5.41) is 8.54. The number of pyridine rings is 1. The number of nitrogens with zero attached hydrogens (tertiary/aromatic N) is 1. The molecule has 19 heavy (non-hydrogen) atoms. The number of hydrogen-bond donors (Lipinski definition) is 1. The highest BCUT2D eigenvalue weighted by Crippen LogP contribution is 2.40. The molecule has 11 heteroatoms. The van der Waals surface area contributed by atoms with Gasteiger partial charge in [-0.1, -0.05) is 0 Å². The average molecular weight is 401 g/mol. The normalized spacial score (nSPS) is 12.4. The van der Waals surface area contributed by atoms with Crippen molar-refractivity contribution >= 4 is 28.6 Å². The van der Waals surface area contributed by atoms with Gasteiger partial charge >= 0.3 is 18.5 Å². The molecular weight excluding hydrogens is 399 g/mol. The summed E-state index contributed by atoms with van der Waals surface area (Å²) in [7, 11) is 0. The van der Waals surface area contributed by atoms with E-state index in [0.717, 1.165) is 22.6 Å². The molecule has 1 rings (SSSR count). The minimum Gasteiger partial charge on any atom is -0.477 e. The van der Waals surface area contributed by atoms with Crippen molar-refractivity contribution in [2.45, 2.75) is 12.5 Å². The summed E-state index contributed by atoms with van der Waals surface area (Å²) >= 11 is 0.980. The van der Waals surface area contributed by atoms with Crippen molar-refractivity contribution in [2.24, 2.45) is 0 Å². The molecule has 0 saturated heterocycles. The number of carboxylic acids is 1. The van der Waals surface area contributed by atoms with E-state index in [1.165, 1.54) is 0 Å². The Morgan fingerprint density at radius 2 is 1.79 bits per heavy atom. The van der Waals surface area contributed by atoms with Crippen LogP contribution in [0.2, 0.25) is 0 Å². The van der Waals surface area contributed by atoms with Gasteiger partial charge in [-0.15, -0.1) is 13.2 Å². The van der Waals surface area contributed by atoms with Crippen molar-refractivity contribution in [3.63, 3.8) is 0 Å². The lowest BCUT2D eigenvalue weighted by atomic mass is 10.2. The quantitative estimate of drug-likeness (QED) is 0.470. The van der Waals surface area contributed by atoms with Gasteiger partial charge in [0.1, 0.15) is 15.0 Å². The van der Waals surface area contributed by atoms with Crippen molar-refractivity contribution < 1.29 is 41.0 Å². The first-order valence-corrected chi connectivity index (χ1v) is 5.26. The van der Waals surface area contributed by atoms with Gasteiger partial charge in [0.05, 0.1) is 0 Å². The van der Waals surface area contributed by atoms with E-state index in [9.17, 15) is 31.1 Å². The summed E-state index contributed by atoms with van der Waals surface area (Å²) in [4.78, 5) is 13.6. The van der Waals surface area contributed by atoms with E-state index in [0.29, 0.717) is 0 Å². The minimum absolute atomic E-state index is 0.0702. The maximum absolute atomic E-state index is 12.6. The molecule has 0 amide bonds. The molecule has 4 nitrogen and oxygen atoms in total. The fourth-order valence-corrected chi connectivity index (χ4v) is 1.89. The summed E-state index contributed by atoms with van der Waals surface area (Å²) < 4.78 is 76.0. The lowest BCUT2D eigenvalue weighted by Gasteiger charge is -2.16. The molecule has 1 aromatic rings. The molecule has 0 fully saturated rings. The highest BCUT2D eigenvalue weighted by molar-refractivity contribution is 14.1. The largest absolute Gasteiger partial charge is 0.573 e. The van der Waals surface area contributed by atoms with Crippen LogP contribution in [0.4, 0.5) is 26.3 Å². The number of aromatic carboxylic acids is 1. The first kappa shape index (κ1) is 15.8. The van der Waals surface area contributed by atoms with Gasteiger partial charge in [0.2, 0.25) is 0 Å². The Morgan fingerprint density at radius 3 is 2.16 bits per heavy atom. The third-order valence-electron chi connectivity index (χ3n) is 1.67. The summed E-state index contributed by atoms with van der Waals surface area (Å²) in [5.74, 6) is -3.43. The molecule has 0 spiro atoms. The van der Waals surface area contributed by atoms with E-state index < -0.39 is 39.2 Å². The topological polar surface area (TPSA) is 59.4 Å². The van der Waals surface area contributed by atoms with Crippen LogP contribution in [0.25, 0.3) is 0 Å². The van der Waals surface area contributed by atoms with E-state index in [-0.39, 0.29) is 6.07 Å². The monoisotopic (exact) mass is 401 g/mol. The number of hydrogen-bond acceptors (Lipinski definition) is 3. The molecule has 0 aromatic carbocycles. The third kappa shape index (κ3) is 4.11. The third-order valence-corrected chi connectivity index (χ3v) is 2.45. The van der Waals surface area contributed by atoms with Crippen LogP contribution in [-0.4, -0.2) is 22.4 Å². The standard InChI is InChI=1S/C8H2F6INO3/c9-7(10,11)4-3(19-8(12,13)14)1-2(6(17)18)16-5(4)15/h1H,(H,17,18). The van der Waals surface area contributed by atoms with Crippen LogP contribution in [0.5, 0.6) is 5.75 Å². The number of aromatic nitrogens is 1. The number of carboxylic acid groups (broad SMARTS) is 1. The Hall–Kier alpha value is -1.27. The molecule has 0 bridgehead atoms. The van der Waals surface area contributed by atoms with E-state index in [1.807, 2.05) is 0 Å². The summed E-state index contributed by atoms with van der Waals surface area (Å²) in [5.41, 5.74) is -2.77. The predicted octanol–water partition coefficient (Wildman–Crippen LogP) is 3.30. The van der Waals surface area contributed by atoms with Crippen LogP contribution in [0.15, 0.2) is 6.07 Å². The molecule has 1 N–H and O–H groups in total. The van der Waals surface area contributed by atoms with E-state index in [1.54, 1.807) is 0 Å². The van der Waals surface area contributed by atoms with Crippen LogP contribution in [-0.2, 0) is 6.18 Å². The second kappa shape index (κ2) is 5.02. The van der Waals surface area contributed by atoms with Crippen molar-refractivity contribution in [3.8, 4) is 5.75 Å². The second-order valence-corrected chi connectivity index (χ2v) is 4.04. The second-order valence-electron chi connectivity index (χ2n) is 3.02. The smallest absolute Gasteiger partial charge is 0.477 e. The fraction of sp³-hybridized carbons (Fsp3) is 0.250. The first-order valence-electron chi connectivity index (χ1n) is 4.18. The molecule has 0 aliphatic rings. The SMILES string of the molecule is O=C(O)c1cc(OC(F)(F)F)c(C(F)(F)F)c(I)n1. The van der Waals surface area contributed by atoms with Gasteiger partial charge in [0, 0.05) is 6.07 Å². The van der Waals surface area contributed by atoms with Gasteiger partial charge in [-0.3, -0.25) is 0 Å².